The molecule has 24 heavy (non-hydrogen) atoms. The molecule has 1 aromatic heterocycles. The van der Waals surface area contributed by atoms with E-state index in [1.165, 1.54) is 0 Å². The summed E-state index contributed by atoms with van der Waals surface area (Å²) in [6.45, 7) is 4.17. The van der Waals surface area contributed by atoms with Crippen LogP contribution in [0, 0.1) is 0 Å². The Hall–Kier alpha value is -2.28. The average Bonchev–Trinajstić information content (AvgIpc) is 3.06. The van der Waals surface area contributed by atoms with Gasteiger partial charge in [-0.05, 0) is 31.0 Å². The number of hydrogen-bond donors (Lipinski definition) is 2. The number of halogens is 1. The highest BCUT2D eigenvalue weighted by atomic mass is 35.5. The summed E-state index contributed by atoms with van der Waals surface area (Å²) in [5.74, 6) is 2.35. The number of hydrogen-bond acceptors (Lipinski definition) is 4. The first-order chi connectivity index (χ1) is 11.7. The molecular weight excluding hydrogens is 328 g/mol. The molecule has 0 aliphatic carbocycles. The molecule has 1 heterocycles. The number of aryl methyl sites for hydroxylation is 1. The molecule has 130 valence electrons. The van der Waals surface area contributed by atoms with Crippen molar-refractivity contribution in [1.82, 2.24) is 25.4 Å². The molecule has 2 N–H and O–H groups in total. The summed E-state index contributed by atoms with van der Waals surface area (Å²) in [6.07, 6.45) is 2.51. The fourth-order valence-electron chi connectivity index (χ4n) is 2.24. The summed E-state index contributed by atoms with van der Waals surface area (Å²) >= 11 is 6.25. The first-order valence-corrected chi connectivity index (χ1v) is 8.19. The molecule has 0 aliphatic rings. The van der Waals surface area contributed by atoms with Crippen LogP contribution in [-0.4, -0.2) is 41.4 Å². The Morgan fingerprint density at radius 1 is 1.38 bits per heavy atom. The summed E-state index contributed by atoms with van der Waals surface area (Å²) < 4.78 is 7.14. The Kier molecular flexibility index (Phi) is 6.87. The highest BCUT2D eigenvalue weighted by Crippen LogP contribution is 2.22. The lowest BCUT2D eigenvalue weighted by molar-refractivity contribution is 0.414. The zero-order valence-electron chi connectivity index (χ0n) is 14.2. The summed E-state index contributed by atoms with van der Waals surface area (Å²) in [5.41, 5.74) is 1.06. The molecule has 0 amide bonds. The normalized spacial score (nSPS) is 11.4. The van der Waals surface area contributed by atoms with Crippen LogP contribution in [0.15, 0.2) is 29.5 Å². The van der Waals surface area contributed by atoms with E-state index in [1.807, 2.05) is 22.8 Å². The zero-order chi connectivity index (χ0) is 17.4. The van der Waals surface area contributed by atoms with Crippen LogP contribution in [0.4, 0.5) is 0 Å². The molecule has 0 fully saturated rings. The van der Waals surface area contributed by atoms with E-state index in [-0.39, 0.29) is 0 Å². The molecular formula is C16H23ClN6O. The Bertz CT molecular complexity index is 685. The third kappa shape index (κ3) is 4.86. The van der Waals surface area contributed by atoms with Gasteiger partial charge in [-0.25, -0.2) is 0 Å². The van der Waals surface area contributed by atoms with Crippen LogP contribution in [0.1, 0.15) is 18.3 Å². The van der Waals surface area contributed by atoms with E-state index < -0.39 is 0 Å². The number of nitrogens with one attached hydrogen (secondary N) is 2. The first-order valence-electron chi connectivity index (χ1n) is 7.81. The number of rotatable bonds is 7. The minimum atomic E-state index is 0.566. The van der Waals surface area contributed by atoms with Gasteiger partial charge in [0.25, 0.3) is 0 Å². The van der Waals surface area contributed by atoms with Crippen LogP contribution in [0.3, 0.4) is 0 Å². The highest BCUT2D eigenvalue weighted by Gasteiger charge is 2.05. The first kappa shape index (κ1) is 18.1. The van der Waals surface area contributed by atoms with Crippen molar-refractivity contribution in [2.45, 2.75) is 26.4 Å². The monoisotopic (exact) mass is 350 g/mol. The zero-order valence-corrected chi connectivity index (χ0v) is 15.0. The van der Waals surface area contributed by atoms with E-state index >= 15 is 0 Å². The van der Waals surface area contributed by atoms with E-state index in [1.54, 1.807) is 20.5 Å². The van der Waals surface area contributed by atoms with Crippen molar-refractivity contribution in [3.05, 3.63) is 40.9 Å². The van der Waals surface area contributed by atoms with Crippen molar-refractivity contribution in [1.29, 1.82) is 0 Å². The molecule has 0 spiro atoms. The van der Waals surface area contributed by atoms with Crippen molar-refractivity contribution in [2.24, 2.45) is 4.99 Å². The van der Waals surface area contributed by atoms with E-state index in [0.717, 1.165) is 30.1 Å². The third-order valence-corrected chi connectivity index (χ3v) is 3.97. The number of benzene rings is 1. The molecule has 2 aromatic rings. The van der Waals surface area contributed by atoms with Gasteiger partial charge in [0.05, 0.1) is 13.7 Å². The van der Waals surface area contributed by atoms with E-state index in [2.05, 4.69) is 32.7 Å². The maximum Gasteiger partial charge on any atom is 0.191 e. The average molecular weight is 351 g/mol. The van der Waals surface area contributed by atoms with Gasteiger partial charge in [0.1, 0.15) is 12.1 Å². The molecule has 1 aromatic carbocycles. The van der Waals surface area contributed by atoms with Gasteiger partial charge in [-0.2, -0.15) is 0 Å². The summed E-state index contributed by atoms with van der Waals surface area (Å²) in [7, 11) is 3.36. The van der Waals surface area contributed by atoms with Crippen LogP contribution in [0.25, 0.3) is 0 Å². The predicted octanol–water partition coefficient (Wildman–Crippen LogP) is 1.87. The van der Waals surface area contributed by atoms with Gasteiger partial charge in [0.2, 0.25) is 0 Å². The maximum absolute atomic E-state index is 6.25. The van der Waals surface area contributed by atoms with Crippen LogP contribution < -0.4 is 15.4 Å². The van der Waals surface area contributed by atoms with E-state index in [9.17, 15) is 0 Å². The number of methoxy groups -OCH3 is 1. The second-order valence-corrected chi connectivity index (χ2v) is 5.50. The number of aliphatic imine (C=N–C) groups is 1. The van der Waals surface area contributed by atoms with Crippen molar-refractivity contribution >= 4 is 17.6 Å². The maximum atomic E-state index is 6.25. The van der Waals surface area contributed by atoms with Gasteiger partial charge in [0.15, 0.2) is 11.8 Å². The smallest absolute Gasteiger partial charge is 0.191 e. The lowest BCUT2D eigenvalue weighted by Gasteiger charge is -2.12. The molecule has 8 heteroatoms. The van der Waals surface area contributed by atoms with Crippen LogP contribution in [0.2, 0.25) is 5.02 Å². The van der Waals surface area contributed by atoms with Crippen molar-refractivity contribution in [2.75, 3.05) is 20.7 Å². The summed E-state index contributed by atoms with van der Waals surface area (Å²) in [4.78, 5) is 4.21. The quantitative estimate of drug-likeness (QED) is 0.589. The summed E-state index contributed by atoms with van der Waals surface area (Å²) in [6, 6.07) is 5.70. The SMILES string of the molecule is CCn1cnnc1CNC(=NC)NCCc1ccc(OC)cc1Cl. The molecule has 0 radical (unpaired) electrons. The number of ether oxygens (including phenoxy) is 1. The Balaban J connectivity index is 1.81. The topological polar surface area (TPSA) is 76.4 Å². The molecule has 0 aliphatic heterocycles. The Morgan fingerprint density at radius 3 is 2.88 bits per heavy atom. The fraction of sp³-hybridized carbons (Fsp3) is 0.438. The molecule has 0 bridgehead atoms. The van der Waals surface area contributed by atoms with Crippen LogP contribution in [-0.2, 0) is 19.5 Å². The number of nitrogens with zero attached hydrogens (tertiary/aromatic N) is 4. The molecule has 0 unspecified atom stereocenters. The Labute approximate surface area is 147 Å². The molecule has 2 rings (SSSR count). The standard InChI is InChI=1S/C16H23ClN6O/c1-4-23-11-21-22-15(23)10-20-16(18-2)19-8-7-12-5-6-13(24-3)9-14(12)17/h5-6,9,11H,4,7-8,10H2,1-3H3,(H2,18,19,20). The van der Waals surface area contributed by atoms with Gasteiger partial charge in [-0.1, -0.05) is 17.7 Å². The van der Waals surface area contributed by atoms with Crippen molar-refractivity contribution in [3.8, 4) is 5.75 Å². The fourth-order valence-corrected chi connectivity index (χ4v) is 2.50. The Morgan fingerprint density at radius 2 is 2.21 bits per heavy atom. The van der Waals surface area contributed by atoms with Gasteiger partial charge >= 0.3 is 0 Å². The van der Waals surface area contributed by atoms with Crippen LogP contribution >= 0.6 is 11.6 Å². The van der Waals surface area contributed by atoms with Gasteiger partial charge < -0.3 is 19.9 Å². The highest BCUT2D eigenvalue weighted by molar-refractivity contribution is 6.31. The van der Waals surface area contributed by atoms with Gasteiger partial charge in [0, 0.05) is 25.2 Å². The van der Waals surface area contributed by atoms with Crippen molar-refractivity contribution < 1.29 is 4.74 Å². The lowest BCUT2D eigenvalue weighted by atomic mass is 10.1. The third-order valence-electron chi connectivity index (χ3n) is 3.62. The summed E-state index contributed by atoms with van der Waals surface area (Å²) in [5, 5.41) is 15.2. The predicted molar refractivity (Wildman–Crippen MR) is 95.6 cm³/mol. The van der Waals surface area contributed by atoms with Crippen molar-refractivity contribution in [3.63, 3.8) is 0 Å². The molecule has 0 atom stereocenters. The second kappa shape index (κ2) is 9.12. The minimum Gasteiger partial charge on any atom is -0.497 e. The molecule has 0 saturated carbocycles. The van der Waals surface area contributed by atoms with Gasteiger partial charge in [-0.3, -0.25) is 4.99 Å². The number of aromatic nitrogens is 3. The number of guanidine groups is 1. The van der Waals surface area contributed by atoms with E-state index in [4.69, 9.17) is 16.3 Å². The van der Waals surface area contributed by atoms with E-state index in [0.29, 0.717) is 24.1 Å². The molecule has 0 saturated heterocycles. The second-order valence-electron chi connectivity index (χ2n) is 5.09. The van der Waals surface area contributed by atoms with Crippen LogP contribution in [0.5, 0.6) is 5.75 Å². The van der Waals surface area contributed by atoms with Gasteiger partial charge in [-0.15, -0.1) is 10.2 Å². The molecule has 7 nitrogen and oxygen atoms in total. The largest absolute Gasteiger partial charge is 0.497 e. The lowest BCUT2D eigenvalue weighted by Crippen LogP contribution is -2.38. The minimum absolute atomic E-state index is 0.566.